The van der Waals surface area contributed by atoms with E-state index in [0.29, 0.717) is 0 Å². The molecule has 0 amide bonds. The molecule has 4 N–H and O–H groups in total. The first-order chi connectivity index (χ1) is 16.6. The molecule has 2 nitrogen and oxygen atoms in total. The van der Waals surface area contributed by atoms with E-state index in [-0.39, 0.29) is 12.5 Å². The Labute approximate surface area is 199 Å². The Balaban J connectivity index is 1.59. The molecular weight excluding hydrogens is 418 g/mol. The molecule has 0 spiro atoms. The van der Waals surface area contributed by atoms with E-state index in [1.165, 1.54) is 12.1 Å². The molecule has 0 heterocycles. The van der Waals surface area contributed by atoms with Gasteiger partial charge in [0.25, 0.3) is 0 Å². The summed E-state index contributed by atoms with van der Waals surface area (Å²) >= 11 is 0. The second-order valence-corrected chi connectivity index (χ2v) is 8.44. The molecule has 0 aliphatic rings. The molecule has 0 saturated heterocycles. The summed E-state index contributed by atoms with van der Waals surface area (Å²) in [6, 6.07) is 39.4. The van der Waals surface area contributed by atoms with Gasteiger partial charge in [0, 0.05) is 11.4 Å². The topological polar surface area (TPSA) is 52.0 Å². The van der Waals surface area contributed by atoms with Gasteiger partial charge in [0.05, 0.1) is 0 Å². The Morgan fingerprint density at radius 2 is 1.00 bits per heavy atom. The second kappa shape index (κ2) is 9.28. The maximum atomic E-state index is 13.5. The van der Waals surface area contributed by atoms with Crippen molar-refractivity contribution in [2.75, 3.05) is 11.5 Å². The Morgan fingerprint density at radius 1 is 0.500 bits per heavy atom. The van der Waals surface area contributed by atoms with Gasteiger partial charge in [0.15, 0.2) is 0 Å². The number of benzene rings is 5. The van der Waals surface area contributed by atoms with E-state index >= 15 is 0 Å². The van der Waals surface area contributed by atoms with Crippen LogP contribution in [0.25, 0.3) is 22.3 Å². The molecule has 0 unspecified atom stereocenters. The molecule has 164 valence electrons. The van der Waals surface area contributed by atoms with Crippen molar-refractivity contribution in [3.8, 4) is 22.3 Å². The zero-order valence-corrected chi connectivity index (χ0v) is 18.7. The van der Waals surface area contributed by atoms with Gasteiger partial charge in [-0.25, -0.2) is 4.39 Å². The van der Waals surface area contributed by atoms with Crippen LogP contribution < -0.4 is 27.9 Å². The van der Waals surface area contributed by atoms with E-state index in [9.17, 15) is 4.39 Å². The number of anilines is 2. The van der Waals surface area contributed by atoms with Crippen LogP contribution in [0.1, 0.15) is 0 Å². The summed E-state index contributed by atoms with van der Waals surface area (Å²) in [6.07, 6.45) is 0. The third-order valence-electron chi connectivity index (χ3n) is 6.20. The van der Waals surface area contributed by atoms with Crippen molar-refractivity contribution >= 4 is 34.5 Å². The molecule has 0 atom stereocenters. The summed E-state index contributed by atoms with van der Waals surface area (Å²) in [5.41, 5.74) is 21.4. The van der Waals surface area contributed by atoms with Crippen LogP contribution in [0.3, 0.4) is 0 Å². The van der Waals surface area contributed by atoms with E-state index in [0.717, 1.165) is 50.0 Å². The van der Waals surface area contributed by atoms with Crippen molar-refractivity contribution in [2.45, 2.75) is 0 Å². The van der Waals surface area contributed by atoms with Crippen molar-refractivity contribution in [3.63, 3.8) is 0 Å². The number of nitrogen functional groups attached to an aromatic ring is 2. The van der Waals surface area contributed by atoms with Crippen molar-refractivity contribution in [2.24, 2.45) is 0 Å². The molecule has 0 radical (unpaired) electrons. The lowest BCUT2D eigenvalue weighted by Gasteiger charge is -2.19. The predicted octanol–water partition coefficient (Wildman–Crippen LogP) is 4.84. The lowest BCUT2D eigenvalue weighted by atomic mass is 9.36. The summed E-state index contributed by atoms with van der Waals surface area (Å²) < 4.78 is 13.5. The fourth-order valence-electron chi connectivity index (χ4n) is 4.39. The quantitative estimate of drug-likeness (QED) is 0.302. The van der Waals surface area contributed by atoms with Gasteiger partial charge in [-0.3, -0.25) is 0 Å². The average molecular weight is 442 g/mol. The first-order valence-electron chi connectivity index (χ1n) is 11.2. The van der Waals surface area contributed by atoms with E-state index in [4.69, 9.17) is 11.5 Å². The molecule has 0 saturated carbocycles. The normalized spacial score (nSPS) is 10.7. The molecule has 5 aromatic carbocycles. The monoisotopic (exact) mass is 442 g/mol. The van der Waals surface area contributed by atoms with Crippen LogP contribution in [0, 0.1) is 5.82 Å². The third-order valence-corrected chi connectivity index (χ3v) is 6.20. The predicted molar refractivity (Wildman–Crippen MR) is 144 cm³/mol. The number of hydrogen-bond acceptors (Lipinski definition) is 2. The van der Waals surface area contributed by atoms with Crippen LogP contribution in [-0.4, -0.2) is 6.71 Å². The van der Waals surface area contributed by atoms with Gasteiger partial charge >= 0.3 is 0 Å². The maximum absolute atomic E-state index is 13.5. The molecule has 0 fully saturated rings. The first-order valence-corrected chi connectivity index (χ1v) is 11.2. The highest BCUT2D eigenvalue weighted by molar-refractivity contribution is 6.96. The Hall–Kier alpha value is -4.31. The van der Waals surface area contributed by atoms with Crippen molar-refractivity contribution < 1.29 is 4.39 Å². The molecule has 34 heavy (non-hydrogen) atoms. The van der Waals surface area contributed by atoms with Crippen LogP contribution in [0.2, 0.25) is 0 Å². The Bertz CT molecular complexity index is 1400. The first kappa shape index (κ1) is 21.5. The second-order valence-electron chi connectivity index (χ2n) is 8.44. The smallest absolute Gasteiger partial charge is 0.243 e. The van der Waals surface area contributed by atoms with E-state index in [1.807, 2.05) is 54.6 Å². The number of nitrogens with two attached hydrogens (primary N) is 2. The number of halogens is 1. The summed E-state index contributed by atoms with van der Waals surface area (Å²) in [5.74, 6) is -0.247. The van der Waals surface area contributed by atoms with Crippen LogP contribution in [0.5, 0.6) is 0 Å². The van der Waals surface area contributed by atoms with E-state index in [1.54, 1.807) is 12.1 Å². The van der Waals surface area contributed by atoms with Crippen molar-refractivity contribution in [3.05, 3.63) is 127 Å². The fraction of sp³-hybridized carbons (Fsp3) is 0. The zero-order chi connectivity index (χ0) is 23.5. The molecule has 0 aromatic heterocycles. The van der Waals surface area contributed by atoms with Crippen molar-refractivity contribution in [1.82, 2.24) is 0 Å². The third kappa shape index (κ3) is 4.44. The molecule has 0 aliphatic carbocycles. The molecular formula is C30H24BFN2. The minimum atomic E-state index is -0.247. The van der Waals surface area contributed by atoms with Gasteiger partial charge in [-0.2, -0.15) is 0 Å². The largest absolute Gasteiger partial charge is 0.399 e. The van der Waals surface area contributed by atoms with Gasteiger partial charge in [-0.1, -0.05) is 102 Å². The molecule has 5 rings (SSSR count). The van der Waals surface area contributed by atoms with Crippen LogP contribution >= 0.6 is 0 Å². The van der Waals surface area contributed by atoms with Crippen LogP contribution in [0.15, 0.2) is 121 Å². The summed E-state index contributed by atoms with van der Waals surface area (Å²) in [5, 5.41) is 0. The van der Waals surface area contributed by atoms with E-state index in [2.05, 4.69) is 42.5 Å². The van der Waals surface area contributed by atoms with Gasteiger partial charge in [0.2, 0.25) is 6.71 Å². The van der Waals surface area contributed by atoms with E-state index < -0.39 is 0 Å². The minimum absolute atomic E-state index is 0.0398. The van der Waals surface area contributed by atoms with Crippen LogP contribution in [-0.2, 0) is 0 Å². The Kier molecular flexibility index (Phi) is 5.88. The van der Waals surface area contributed by atoms with Gasteiger partial charge in [-0.15, -0.1) is 0 Å². The minimum Gasteiger partial charge on any atom is -0.399 e. The van der Waals surface area contributed by atoms with Crippen LogP contribution in [0.4, 0.5) is 15.8 Å². The maximum Gasteiger partial charge on any atom is 0.243 e. The lowest BCUT2D eigenvalue weighted by molar-refractivity contribution is 0.628. The molecule has 5 aromatic rings. The zero-order valence-electron chi connectivity index (χ0n) is 18.7. The number of hydrogen-bond donors (Lipinski definition) is 2. The standard InChI is InChI=1S/C30H24BFN2/c32-27-15-8-23(9-16-27)24-12-19-30(34)29(20-24)31(25-4-2-1-3-5-25)26-13-6-21(7-14-26)22-10-17-28(33)18-11-22/h1-20H,33-34H2. The summed E-state index contributed by atoms with van der Waals surface area (Å²) in [6.45, 7) is -0.0398. The fourth-order valence-corrected chi connectivity index (χ4v) is 4.39. The molecule has 4 heteroatoms. The number of rotatable bonds is 5. The highest BCUT2D eigenvalue weighted by atomic mass is 19.1. The summed E-state index contributed by atoms with van der Waals surface area (Å²) in [4.78, 5) is 0. The van der Waals surface area contributed by atoms with Gasteiger partial charge in [-0.05, 0) is 58.0 Å². The highest BCUT2D eigenvalue weighted by Crippen LogP contribution is 2.22. The molecule has 0 bridgehead atoms. The average Bonchev–Trinajstić information content (AvgIpc) is 2.87. The SMILES string of the molecule is Nc1ccc(-c2ccc(B(c3ccccc3)c3cc(-c4ccc(F)cc4)ccc3N)cc2)cc1. The summed E-state index contributed by atoms with van der Waals surface area (Å²) in [7, 11) is 0. The lowest BCUT2D eigenvalue weighted by Crippen LogP contribution is -2.52. The van der Waals surface area contributed by atoms with Gasteiger partial charge < -0.3 is 11.5 Å². The molecule has 0 aliphatic heterocycles. The highest BCUT2D eigenvalue weighted by Gasteiger charge is 2.24. The van der Waals surface area contributed by atoms with Crippen molar-refractivity contribution in [1.29, 1.82) is 0 Å². The Morgan fingerprint density at radius 3 is 1.65 bits per heavy atom. The van der Waals surface area contributed by atoms with Gasteiger partial charge in [0.1, 0.15) is 5.82 Å².